The summed E-state index contributed by atoms with van der Waals surface area (Å²) >= 11 is 0. The number of nitrogens with two attached hydrogens (primary N) is 1. The number of nitrogens with zero attached hydrogens (tertiary/aromatic N) is 4. The molecule has 0 bridgehead atoms. The lowest BCUT2D eigenvalue weighted by atomic mass is 10.1. The first-order valence-electron chi connectivity index (χ1n) is 13.3. The second-order valence-corrected chi connectivity index (χ2v) is 11.2. The van der Waals surface area contributed by atoms with E-state index < -0.39 is 15.9 Å². The van der Waals surface area contributed by atoms with E-state index in [9.17, 15) is 12.8 Å². The summed E-state index contributed by atoms with van der Waals surface area (Å²) in [6.07, 6.45) is 3.61. The van der Waals surface area contributed by atoms with Crippen molar-refractivity contribution < 1.29 is 31.6 Å². The number of aromatic amines is 1. The van der Waals surface area contributed by atoms with Crippen LogP contribution in [0.4, 0.5) is 10.1 Å². The normalized spacial score (nSPS) is 14.3. The molecule has 1 aliphatic rings. The molecule has 4 aromatic rings. The monoisotopic (exact) mass is 602 g/mol. The van der Waals surface area contributed by atoms with Crippen molar-refractivity contribution >= 4 is 26.7 Å². The fraction of sp³-hybridized carbons (Fsp3) is 0.357. The molecule has 4 N–H and O–H groups in total. The number of benzene rings is 2. The minimum Gasteiger partial charge on any atom is -0.493 e. The highest BCUT2D eigenvalue weighted by Gasteiger charge is 2.16. The van der Waals surface area contributed by atoms with Crippen LogP contribution in [0.5, 0.6) is 23.0 Å². The van der Waals surface area contributed by atoms with E-state index in [1.54, 1.807) is 32.4 Å². The summed E-state index contributed by atoms with van der Waals surface area (Å²) in [5.74, 6) is 1.69. The van der Waals surface area contributed by atoms with Gasteiger partial charge in [0, 0.05) is 62.1 Å². The van der Waals surface area contributed by atoms with E-state index in [0.717, 1.165) is 45.3 Å². The molecule has 0 saturated carbocycles. The van der Waals surface area contributed by atoms with E-state index in [4.69, 9.17) is 24.5 Å². The van der Waals surface area contributed by atoms with Gasteiger partial charge in [0.25, 0.3) is 0 Å². The van der Waals surface area contributed by atoms with Crippen LogP contribution in [0.15, 0.2) is 53.8 Å². The van der Waals surface area contributed by atoms with E-state index in [0.29, 0.717) is 46.3 Å². The van der Waals surface area contributed by atoms with Crippen molar-refractivity contribution in [1.29, 1.82) is 0 Å². The molecule has 2 aromatic heterocycles. The number of fused-ring (bicyclic) bond motifs is 1. The van der Waals surface area contributed by atoms with Crippen LogP contribution in [0.1, 0.15) is 12.2 Å². The Hall–Kier alpha value is -3.98. The summed E-state index contributed by atoms with van der Waals surface area (Å²) in [6.45, 7) is 7.59. The average molecular weight is 603 g/mol. The number of hydrogen-bond donors (Lipinski definition) is 3. The fourth-order valence-electron chi connectivity index (χ4n) is 4.28. The largest absolute Gasteiger partial charge is 0.493 e. The maximum atomic E-state index is 14.2. The Morgan fingerprint density at radius 1 is 1.05 bits per heavy atom. The van der Waals surface area contributed by atoms with Crippen LogP contribution >= 0.6 is 0 Å². The van der Waals surface area contributed by atoms with Gasteiger partial charge < -0.3 is 34.7 Å². The third kappa shape index (κ3) is 8.28. The van der Waals surface area contributed by atoms with Crippen LogP contribution in [0, 0.1) is 12.7 Å². The van der Waals surface area contributed by atoms with E-state index >= 15 is 0 Å². The standard InChI is InChI=1S/C24H29FN4O3.C4H6N2O3S/c1-28-9-11-29(12-10-28)8-3-13-31-24-16-20-18(15-23(24)30-2)21(6-7-27-20)32-22-5-4-17(26)14-19(22)25;1-3-5-2-4(6-3)10(7,8)9/h4-7,14-16H,3,8-13,26H2,1-2H3;2H,1H3,(H,5,6)(H,7,8,9). The van der Waals surface area contributed by atoms with Gasteiger partial charge in [0.15, 0.2) is 28.1 Å². The van der Waals surface area contributed by atoms with Crippen molar-refractivity contribution in [2.24, 2.45) is 0 Å². The summed E-state index contributed by atoms with van der Waals surface area (Å²) in [4.78, 5) is 15.2. The molecule has 2 aromatic carbocycles. The van der Waals surface area contributed by atoms with Gasteiger partial charge in [0.2, 0.25) is 0 Å². The van der Waals surface area contributed by atoms with E-state index in [1.807, 2.05) is 12.1 Å². The zero-order chi connectivity index (χ0) is 30.3. The quantitative estimate of drug-likeness (QED) is 0.146. The Kier molecular flexibility index (Phi) is 10.2. The number of anilines is 1. The molecular formula is C28H35FN6O6S. The number of nitrogen functional groups attached to an aromatic ring is 1. The Bertz CT molecular complexity index is 1610. The number of likely N-dealkylation sites (N-methyl/N-ethyl adjacent to an activating group) is 1. The molecule has 12 nitrogen and oxygen atoms in total. The Balaban J connectivity index is 0.000000343. The van der Waals surface area contributed by atoms with Crippen LogP contribution in [0.25, 0.3) is 10.9 Å². The molecule has 0 amide bonds. The van der Waals surface area contributed by atoms with Gasteiger partial charge in [0.1, 0.15) is 11.6 Å². The summed E-state index contributed by atoms with van der Waals surface area (Å²) in [5, 5.41) is 0.426. The second kappa shape index (κ2) is 13.8. The molecule has 1 aliphatic heterocycles. The number of pyridine rings is 1. The van der Waals surface area contributed by atoms with Crippen molar-refractivity contribution in [3.05, 3.63) is 60.4 Å². The highest BCUT2D eigenvalue weighted by molar-refractivity contribution is 7.85. The van der Waals surface area contributed by atoms with Gasteiger partial charge in [-0.3, -0.25) is 9.54 Å². The number of ether oxygens (including phenoxy) is 3. The van der Waals surface area contributed by atoms with Crippen LogP contribution < -0.4 is 19.9 Å². The topological polar surface area (TPSA) is 156 Å². The molecule has 0 atom stereocenters. The molecule has 14 heteroatoms. The van der Waals surface area contributed by atoms with Crippen molar-refractivity contribution in [3.63, 3.8) is 0 Å². The predicted octanol–water partition coefficient (Wildman–Crippen LogP) is 3.74. The first kappa shape index (κ1) is 31.0. The van der Waals surface area contributed by atoms with Crippen LogP contribution in [0.2, 0.25) is 0 Å². The van der Waals surface area contributed by atoms with Crippen molar-refractivity contribution in [2.75, 3.05) is 59.2 Å². The predicted molar refractivity (Wildman–Crippen MR) is 156 cm³/mol. The fourth-order valence-corrected chi connectivity index (χ4v) is 4.74. The lowest BCUT2D eigenvalue weighted by Gasteiger charge is -2.32. The zero-order valence-electron chi connectivity index (χ0n) is 23.7. The molecule has 0 aliphatic carbocycles. The number of imidazole rings is 1. The van der Waals surface area contributed by atoms with Gasteiger partial charge in [-0.15, -0.1) is 0 Å². The van der Waals surface area contributed by atoms with Crippen LogP contribution in [-0.2, 0) is 10.1 Å². The number of methoxy groups -OCH3 is 1. The minimum absolute atomic E-state index is 0.0925. The number of hydrogen-bond acceptors (Lipinski definition) is 10. The molecule has 3 heterocycles. The van der Waals surface area contributed by atoms with Gasteiger partial charge in [-0.2, -0.15) is 8.42 Å². The molecular weight excluding hydrogens is 567 g/mol. The molecule has 1 saturated heterocycles. The Morgan fingerprint density at radius 2 is 1.81 bits per heavy atom. The van der Waals surface area contributed by atoms with Crippen LogP contribution in [-0.4, -0.2) is 91.2 Å². The number of halogens is 1. The number of H-pyrrole nitrogens is 1. The smallest absolute Gasteiger partial charge is 0.311 e. The third-order valence-electron chi connectivity index (χ3n) is 6.59. The summed E-state index contributed by atoms with van der Waals surface area (Å²) < 4.78 is 60.6. The number of aryl methyl sites for hydroxylation is 1. The lowest BCUT2D eigenvalue weighted by molar-refractivity contribution is 0.145. The van der Waals surface area contributed by atoms with Gasteiger partial charge in [0.05, 0.1) is 25.4 Å². The van der Waals surface area contributed by atoms with Gasteiger partial charge in [-0.1, -0.05) is 0 Å². The number of nitrogens with one attached hydrogen (secondary N) is 1. The summed E-state index contributed by atoms with van der Waals surface area (Å²) in [7, 11) is -0.352. The number of rotatable bonds is 9. The molecule has 0 spiro atoms. The van der Waals surface area contributed by atoms with E-state index in [2.05, 4.69) is 31.8 Å². The van der Waals surface area contributed by atoms with Crippen LogP contribution in [0.3, 0.4) is 0 Å². The summed E-state index contributed by atoms with van der Waals surface area (Å²) in [5.41, 5.74) is 6.64. The molecule has 5 rings (SSSR count). The molecule has 0 unspecified atom stereocenters. The zero-order valence-corrected chi connectivity index (χ0v) is 24.5. The van der Waals surface area contributed by atoms with E-state index in [-0.39, 0.29) is 10.8 Å². The molecule has 1 fully saturated rings. The van der Waals surface area contributed by atoms with Crippen molar-refractivity contribution in [2.45, 2.75) is 18.4 Å². The Morgan fingerprint density at radius 3 is 2.43 bits per heavy atom. The molecule has 0 radical (unpaired) electrons. The van der Waals surface area contributed by atoms with E-state index in [1.165, 1.54) is 12.1 Å². The minimum atomic E-state index is -4.10. The maximum Gasteiger partial charge on any atom is 0.311 e. The van der Waals surface area contributed by atoms with Gasteiger partial charge >= 0.3 is 10.1 Å². The first-order valence-corrected chi connectivity index (χ1v) is 14.7. The first-order chi connectivity index (χ1) is 20.0. The molecule has 42 heavy (non-hydrogen) atoms. The van der Waals surface area contributed by atoms with Gasteiger partial charge in [-0.25, -0.2) is 9.37 Å². The average Bonchev–Trinajstić information content (AvgIpc) is 3.41. The number of piperazine rings is 1. The third-order valence-corrected chi connectivity index (χ3v) is 7.36. The van der Waals surface area contributed by atoms with Gasteiger partial charge in [-0.05, 0) is 44.7 Å². The van der Waals surface area contributed by atoms with Crippen molar-refractivity contribution in [1.82, 2.24) is 24.8 Å². The van der Waals surface area contributed by atoms with Crippen molar-refractivity contribution in [3.8, 4) is 23.0 Å². The highest BCUT2D eigenvalue weighted by Crippen LogP contribution is 2.37. The lowest BCUT2D eigenvalue weighted by Crippen LogP contribution is -2.44. The Labute approximate surface area is 244 Å². The number of aromatic nitrogens is 3. The highest BCUT2D eigenvalue weighted by atomic mass is 32.2. The second-order valence-electron chi connectivity index (χ2n) is 9.78. The maximum absolute atomic E-state index is 14.2. The summed E-state index contributed by atoms with van der Waals surface area (Å²) in [6, 6.07) is 9.66. The molecule has 226 valence electrons. The SMILES string of the molecule is COc1cc2c(Oc3ccc(N)cc3F)ccnc2cc1OCCCN1CCN(C)CC1.Cc1ncc(S(=O)(=O)O)[nH]1.